The predicted molar refractivity (Wildman–Crippen MR) is 146 cm³/mol. The first-order valence-electron chi connectivity index (χ1n) is 13.5. The molecule has 0 spiro atoms. The SMILES string of the molecule is C=C/C(=C1/NC(NCC2COC2)=CC(=NCC2CCOCC2)N1C)c1ccc(C(=O)NC2CC2)c(C)c1. The number of hydrogen-bond donors (Lipinski definition) is 3. The number of carbonyl (C=O) groups is 1. The van der Waals surface area contributed by atoms with Gasteiger partial charge in [0, 0.05) is 62.5 Å². The number of nitrogens with zero attached hydrogens (tertiary/aromatic N) is 2. The molecule has 1 saturated carbocycles. The molecule has 3 fully saturated rings. The van der Waals surface area contributed by atoms with Crippen LogP contribution < -0.4 is 16.0 Å². The van der Waals surface area contributed by atoms with Crippen LogP contribution in [0.25, 0.3) is 5.57 Å². The topological polar surface area (TPSA) is 87.2 Å². The van der Waals surface area contributed by atoms with Crippen molar-refractivity contribution in [3.8, 4) is 0 Å². The van der Waals surface area contributed by atoms with E-state index < -0.39 is 0 Å². The van der Waals surface area contributed by atoms with Gasteiger partial charge in [0.05, 0.1) is 13.2 Å². The fourth-order valence-electron chi connectivity index (χ4n) is 4.82. The number of amides is 1. The summed E-state index contributed by atoms with van der Waals surface area (Å²) < 4.78 is 10.9. The summed E-state index contributed by atoms with van der Waals surface area (Å²) in [6, 6.07) is 6.32. The molecule has 0 radical (unpaired) electrons. The highest BCUT2D eigenvalue weighted by atomic mass is 16.5. The van der Waals surface area contributed by atoms with Crippen molar-refractivity contribution in [2.24, 2.45) is 16.8 Å². The maximum atomic E-state index is 12.7. The molecule has 1 aliphatic carbocycles. The molecule has 3 N–H and O–H groups in total. The van der Waals surface area contributed by atoms with Crippen LogP contribution in [-0.2, 0) is 9.47 Å². The van der Waals surface area contributed by atoms with E-state index in [1.807, 2.05) is 32.2 Å². The van der Waals surface area contributed by atoms with E-state index in [2.05, 4.69) is 39.6 Å². The van der Waals surface area contributed by atoms with Crippen molar-refractivity contribution in [1.82, 2.24) is 20.9 Å². The Balaban J connectivity index is 1.42. The average molecular weight is 506 g/mol. The third-order valence-electron chi connectivity index (χ3n) is 7.50. The average Bonchev–Trinajstić information content (AvgIpc) is 3.69. The molecule has 8 heteroatoms. The Bertz CT molecular complexity index is 1110. The third-order valence-corrected chi connectivity index (χ3v) is 7.50. The Morgan fingerprint density at radius 1 is 1.19 bits per heavy atom. The molecule has 2 saturated heterocycles. The van der Waals surface area contributed by atoms with E-state index in [1.54, 1.807) is 0 Å². The van der Waals surface area contributed by atoms with Crippen LogP contribution in [0.1, 0.15) is 47.2 Å². The first-order valence-corrected chi connectivity index (χ1v) is 13.5. The van der Waals surface area contributed by atoms with Crippen LogP contribution in [0.3, 0.4) is 0 Å². The Morgan fingerprint density at radius 3 is 2.62 bits per heavy atom. The first kappa shape index (κ1) is 25.5. The van der Waals surface area contributed by atoms with Crippen molar-refractivity contribution >= 4 is 17.3 Å². The molecule has 5 rings (SSSR count). The number of hydrogen-bond acceptors (Lipinski definition) is 6. The second-order valence-electron chi connectivity index (χ2n) is 10.5. The fraction of sp³-hybridized carbons (Fsp3) is 0.517. The van der Waals surface area contributed by atoms with Crippen LogP contribution in [0, 0.1) is 18.8 Å². The minimum absolute atomic E-state index is 0.00388. The summed E-state index contributed by atoms with van der Waals surface area (Å²) in [4.78, 5) is 19.8. The van der Waals surface area contributed by atoms with Crippen molar-refractivity contribution in [2.45, 2.75) is 38.6 Å². The summed E-state index contributed by atoms with van der Waals surface area (Å²) in [5, 5.41) is 10.2. The summed E-state index contributed by atoms with van der Waals surface area (Å²) in [5.41, 5.74) is 3.62. The van der Waals surface area contributed by atoms with E-state index in [1.165, 1.54) is 0 Å². The van der Waals surface area contributed by atoms with E-state index in [0.717, 1.165) is 105 Å². The van der Waals surface area contributed by atoms with Gasteiger partial charge in [-0.15, -0.1) is 0 Å². The molecule has 37 heavy (non-hydrogen) atoms. The number of rotatable bonds is 9. The van der Waals surface area contributed by atoms with Gasteiger partial charge >= 0.3 is 0 Å². The molecule has 3 heterocycles. The fourth-order valence-corrected chi connectivity index (χ4v) is 4.82. The lowest BCUT2D eigenvalue weighted by molar-refractivity contribution is -0.0298. The zero-order chi connectivity index (χ0) is 25.8. The number of amidine groups is 1. The number of ether oxygens (including phenoxy) is 2. The summed E-state index contributed by atoms with van der Waals surface area (Å²) in [7, 11) is 2.03. The van der Waals surface area contributed by atoms with Crippen molar-refractivity contribution in [3.63, 3.8) is 0 Å². The van der Waals surface area contributed by atoms with E-state index in [9.17, 15) is 4.79 Å². The van der Waals surface area contributed by atoms with Gasteiger partial charge in [0.25, 0.3) is 5.91 Å². The van der Waals surface area contributed by atoms with Gasteiger partial charge in [-0.25, -0.2) is 0 Å². The van der Waals surface area contributed by atoms with Crippen molar-refractivity contribution in [1.29, 1.82) is 0 Å². The largest absolute Gasteiger partial charge is 0.381 e. The number of nitrogens with one attached hydrogen (secondary N) is 3. The van der Waals surface area contributed by atoms with E-state index in [-0.39, 0.29) is 5.91 Å². The van der Waals surface area contributed by atoms with Gasteiger partial charge in [0.15, 0.2) is 0 Å². The molecule has 0 atom stereocenters. The molecule has 3 aliphatic heterocycles. The van der Waals surface area contributed by atoms with Gasteiger partial charge < -0.3 is 30.3 Å². The maximum Gasteiger partial charge on any atom is 0.251 e. The summed E-state index contributed by atoms with van der Waals surface area (Å²) >= 11 is 0. The van der Waals surface area contributed by atoms with Crippen LogP contribution >= 0.6 is 0 Å². The maximum absolute atomic E-state index is 12.7. The minimum Gasteiger partial charge on any atom is -0.381 e. The van der Waals surface area contributed by atoms with Gasteiger partial charge in [0.1, 0.15) is 17.5 Å². The van der Waals surface area contributed by atoms with E-state index in [0.29, 0.717) is 17.9 Å². The molecule has 1 amide bonds. The quantitative estimate of drug-likeness (QED) is 0.478. The Kier molecular flexibility index (Phi) is 7.96. The monoisotopic (exact) mass is 505 g/mol. The van der Waals surface area contributed by atoms with Crippen LogP contribution in [0.5, 0.6) is 0 Å². The molecule has 8 nitrogen and oxygen atoms in total. The summed E-state index contributed by atoms with van der Waals surface area (Å²) in [5.74, 6) is 3.80. The van der Waals surface area contributed by atoms with Crippen LogP contribution in [0.4, 0.5) is 0 Å². The normalized spacial score (nSPS) is 23.1. The van der Waals surface area contributed by atoms with E-state index >= 15 is 0 Å². The number of likely N-dealkylation sites (N-methyl/N-ethyl adjacent to an activating group) is 1. The lowest BCUT2D eigenvalue weighted by Gasteiger charge is -2.34. The molecule has 1 aromatic carbocycles. The summed E-state index contributed by atoms with van der Waals surface area (Å²) in [6.07, 6.45) is 8.20. The number of allylic oxidation sites excluding steroid dienone is 2. The molecule has 0 unspecified atom stereocenters. The van der Waals surface area contributed by atoms with Gasteiger partial charge in [-0.2, -0.15) is 0 Å². The third kappa shape index (κ3) is 6.25. The molecule has 0 bridgehead atoms. The van der Waals surface area contributed by atoms with Gasteiger partial charge in [-0.05, 0) is 55.7 Å². The van der Waals surface area contributed by atoms with Gasteiger partial charge in [-0.1, -0.05) is 24.8 Å². The second-order valence-corrected chi connectivity index (χ2v) is 10.5. The number of carbonyl (C=O) groups excluding carboxylic acids is 1. The Morgan fingerprint density at radius 2 is 1.97 bits per heavy atom. The Hall–Kier alpha value is -3.10. The standard InChI is InChI=1S/C29H39N5O3/c1-4-24(22-5-8-25(19(2)13-22)29(35)32-23-6-7-23)28-33-26(30-16-21-17-37-18-21)14-27(34(28)3)31-15-20-9-11-36-12-10-20/h4-5,8,13-14,20-21,23,30,33H,1,6-7,9-12,15-18H2,2-3H3,(H,32,35)/b28-24+,31-27?. The Labute approximate surface area is 219 Å². The highest BCUT2D eigenvalue weighted by Gasteiger charge is 2.26. The number of aliphatic imine (C=N–C) groups is 1. The van der Waals surface area contributed by atoms with Crippen molar-refractivity contribution in [3.05, 3.63) is 65.3 Å². The highest BCUT2D eigenvalue weighted by molar-refractivity contribution is 5.98. The molecule has 198 valence electrons. The van der Waals surface area contributed by atoms with Crippen LogP contribution in [0.15, 0.2) is 53.6 Å². The van der Waals surface area contributed by atoms with Crippen molar-refractivity contribution < 1.29 is 14.3 Å². The first-order chi connectivity index (χ1) is 18.0. The lowest BCUT2D eigenvalue weighted by atomic mass is 9.98. The van der Waals surface area contributed by atoms with Gasteiger partial charge in [0.2, 0.25) is 0 Å². The lowest BCUT2D eigenvalue weighted by Crippen LogP contribution is -2.45. The minimum atomic E-state index is 0.00388. The van der Waals surface area contributed by atoms with Crippen molar-refractivity contribution in [2.75, 3.05) is 46.6 Å². The molecular formula is C29H39N5O3. The summed E-state index contributed by atoms with van der Waals surface area (Å²) in [6.45, 7) is 11.0. The molecule has 4 aliphatic rings. The van der Waals surface area contributed by atoms with Crippen LogP contribution in [0.2, 0.25) is 0 Å². The predicted octanol–water partition coefficient (Wildman–Crippen LogP) is 3.18. The van der Waals surface area contributed by atoms with E-state index in [4.69, 9.17) is 14.5 Å². The zero-order valence-corrected chi connectivity index (χ0v) is 22.0. The molecule has 1 aromatic rings. The van der Waals surface area contributed by atoms with Gasteiger partial charge in [-0.3, -0.25) is 9.79 Å². The number of benzene rings is 1. The van der Waals surface area contributed by atoms with Crippen LogP contribution in [-0.4, -0.2) is 69.2 Å². The number of aryl methyl sites for hydroxylation is 1. The molecular weight excluding hydrogens is 466 g/mol. The molecule has 0 aromatic heterocycles. The highest BCUT2D eigenvalue weighted by Crippen LogP contribution is 2.27. The smallest absolute Gasteiger partial charge is 0.251 e. The second kappa shape index (κ2) is 11.5. The zero-order valence-electron chi connectivity index (χ0n) is 22.0.